The number of nitrogens with zero attached hydrogens (tertiary/aromatic N) is 2. The Morgan fingerprint density at radius 1 is 1.29 bits per heavy atom. The Bertz CT molecular complexity index is 959. The van der Waals surface area contributed by atoms with E-state index >= 15 is 0 Å². The molecule has 1 aliphatic heterocycles. The molecule has 0 saturated heterocycles. The number of fused-ring (bicyclic) bond motifs is 3. The topological polar surface area (TPSA) is 62.6 Å². The highest BCUT2D eigenvalue weighted by molar-refractivity contribution is 7.99. The molecule has 2 aliphatic rings. The summed E-state index contributed by atoms with van der Waals surface area (Å²) in [5, 5.41) is 0.660. The van der Waals surface area contributed by atoms with E-state index in [1.807, 2.05) is 12.1 Å². The summed E-state index contributed by atoms with van der Waals surface area (Å²) in [6.45, 7) is 5.09. The van der Waals surface area contributed by atoms with Crippen LogP contribution in [-0.2, 0) is 32.6 Å². The molecule has 6 nitrogen and oxygen atoms in total. The molecule has 0 spiro atoms. The first-order valence-electron chi connectivity index (χ1n) is 9.32. The highest BCUT2D eigenvalue weighted by Gasteiger charge is 2.36. The molecule has 0 bridgehead atoms. The molecule has 7 heteroatoms. The monoisotopic (exact) mass is 400 g/mol. The Kier molecular flexibility index (Phi) is 5.21. The summed E-state index contributed by atoms with van der Waals surface area (Å²) in [6, 6.07) is 8.21. The number of aromatic nitrogens is 2. The van der Waals surface area contributed by atoms with Gasteiger partial charge in [-0.2, -0.15) is 0 Å². The van der Waals surface area contributed by atoms with E-state index in [2.05, 4.69) is 26.0 Å². The molecule has 0 fully saturated rings. The fourth-order valence-corrected chi connectivity index (χ4v) is 4.71. The van der Waals surface area contributed by atoms with Crippen LogP contribution in [0, 0.1) is 0 Å². The number of thioether (sulfide) groups is 1. The summed E-state index contributed by atoms with van der Waals surface area (Å²) < 4.78 is 17.7. The van der Waals surface area contributed by atoms with Gasteiger partial charge in [0.2, 0.25) is 0 Å². The fourth-order valence-electron chi connectivity index (χ4n) is 3.80. The van der Waals surface area contributed by atoms with E-state index in [-0.39, 0.29) is 11.0 Å². The molecule has 0 N–H and O–H groups in total. The summed E-state index contributed by atoms with van der Waals surface area (Å²) in [7, 11) is 1.67. The third kappa shape index (κ3) is 3.44. The van der Waals surface area contributed by atoms with E-state index in [4.69, 9.17) is 19.2 Å². The van der Waals surface area contributed by atoms with Crippen molar-refractivity contribution in [1.29, 1.82) is 0 Å². The summed E-state index contributed by atoms with van der Waals surface area (Å²) in [5.74, 6) is 0.706. The molecule has 0 saturated carbocycles. The van der Waals surface area contributed by atoms with Crippen LogP contribution in [0.1, 0.15) is 25.0 Å². The third-order valence-corrected chi connectivity index (χ3v) is 6.02. The predicted octanol–water partition coefficient (Wildman–Crippen LogP) is 3.33. The van der Waals surface area contributed by atoms with Crippen molar-refractivity contribution in [1.82, 2.24) is 9.55 Å². The van der Waals surface area contributed by atoms with E-state index in [9.17, 15) is 4.79 Å². The van der Waals surface area contributed by atoms with Gasteiger partial charge in [-0.1, -0.05) is 49.9 Å². The number of ether oxygens (including phenoxy) is 3. The number of rotatable bonds is 6. The van der Waals surface area contributed by atoms with Crippen molar-refractivity contribution in [3.63, 3.8) is 0 Å². The lowest BCUT2D eigenvalue weighted by Crippen LogP contribution is -2.40. The lowest BCUT2D eigenvalue weighted by molar-refractivity contribution is -0.0368. The Labute approximate surface area is 168 Å². The highest BCUT2D eigenvalue weighted by atomic mass is 32.2. The standard InChI is InChI=1S/C21H24N2O4S/c1-21(2)12-14-6-4-5-7-15(14)18-17(21)19(24)23(13-16-26-8-9-27-16)20(22-18)28-11-10-25-3/h4-9,16H,10-13H2,1-3H3. The Hall–Kier alpha value is -2.25. The first-order chi connectivity index (χ1) is 13.5. The summed E-state index contributed by atoms with van der Waals surface area (Å²) in [6.07, 6.45) is 3.29. The van der Waals surface area contributed by atoms with E-state index in [0.717, 1.165) is 23.2 Å². The zero-order valence-electron chi connectivity index (χ0n) is 16.3. The molecule has 2 aromatic rings. The van der Waals surface area contributed by atoms with Crippen molar-refractivity contribution in [3.05, 3.63) is 58.3 Å². The number of benzene rings is 1. The van der Waals surface area contributed by atoms with Gasteiger partial charge in [0.25, 0.3) is 11.8 Å². The average molecular weight is 401 g/mol. The first kappa shape index (κ1) is 19.1. The third-order valence-electron chi connectivity index (χ3n) is 5.08. The molecule has 0 radical (unpaired) electrons. The van der Waals surface area contributed by atoms with E-state index in [0.29, 0.717) is 24.1 Å². The van der Waals surface area contributed by atoms with Crippen molar-refractivity contribution in [2.45, 2.75) is 43.7 Å². The van der Waals surface area contributed by atoms with Crippen molar-refractivity contribution < 1.29 is 14.2 Å². The molecular weight excluding hydrogens is 376 g/mol. The molecule has 1 aromatic heterocycles. The van der Waals surface area contributed by atoms with Gasteiger partial charge in [0.15, 0.2) is 5.16 Å². The van der Waals surface area contributed by atoms with Gasteiger partial charge >= 0.3 is 0 Å². The Morgan fingerprint density at radius 2 is 2.04 bits per heavy atom. The lowest BCUT2D eigenvalue weighted by atomic mass is 9.72. The van der Waals surface area contributed by atoms with Gasteiger partial charge in [0, 0.05) is 29.4 Å². The molecule has 0 atom stereocenters. The van der Waals surface area contributed by atoms with Gasteiger partial charge in [0.05, 0.1) is 12.3 Å². The number of hydrogen-bond acceptors (Lipinski definition) is 6. The van der Waals surface area contributed by atoms with Gasteiger partial charge in [-0.15, -0.1) is 0 Å². The van der Waals surface area contributed by atoms with Crippen LogP contribution in [-0.4, -0.2) is 35.3 Å². The minimum Gasteiger partial charge on any atom is -0.457 e. The maximum atomic E-state index is 13.6. The van der Waals surface area contributed by atoms with Crippen LogP contribution in [0.2, 0.25) is 0 Å². The van der Waals surface area contributed by atoms with Crippen molar-refractivity contribution in [3.8, 4) is 11.3 Å². The molecule has 1 aliphatic carbocycles. The van der Waals surface area contributed by atoms with E-state index in [1.54, 1.807) is 11.7 Å². The summed E-state index contributed by atoms with van der Waals surface area (Å²) in [4.78, 5) is 18.6. The normalized spacial score (nSPS) is 17.0. The predicted molar refractivity (Wildman–Crippen MR) is 108 cm³/mol. The maximum Gasteiger partial charge on any atom is 0.258 e. The summed E-state index contributed by atoms with van der Waals surface area (Å²) in [5.41, 5.74) is 3.49. The largest absolute Gasteiger partial charge is 0.457 e. The Morgan fingerprint density at radius 3 is 2.79 bits per heavy atom. The van der Waals surface area contributed by atoms with Crippen molar-refractivity contribution in [2.24, 2.45) is 0 Å². The molecule has 0 amide bonds. The minimum absolute atomic E-state index is 0.0245. The van der Waals surface area contributed by atoms with Gasteiger partial charge in [-0.05, 0) is 12.0 Å². The summed E-state index contributed by atoms with van der Waals surface area (Å²) >= 11 is 1.51. The average Bonchev–Trinajstić information content (AvgIpc) is 3.17. The molecule has 2 heterocycles. The van der Waals surface area contributed by atoms with E-state index < -0.39 is 6.29 Å². The van der Waals surface area contributed by atoms with Crippen LogP contribution in [0.4, 0.5) is 0 Å². The fraction of sp³-hybridized carbons (Fsp3) is 0.429. The van der Waals surface area contributed by atoms with Gasteiger partial charge in [-0.25, -0.2) is 4.98 Å². The van der Waals surface area contributed by atoms with E-state index in [1.165, 1.54) is 29.8 Å². The number of hydrogen-bond donors (Lipinski definition) is 0. The Balaban J connectivity index is 1.86. The zero-order chi connectivity index (χ0) is 19.7. The first-order valence-corrected chi connectivity index (χ1v) is 10.3. The minimum atomic E-state index is -0.515. The molecule has 1 aromatic carbocycles. The lowest BCUT2D eigenvalue weighted by Gasteiger charge is -2.33. The number of methoxy groups -OCH3 is 1. The second-order valence-electron chi connectivity index (χ2n) is 7.57. The quantitative estimate of drug-likeness (QED) is 0.421. The molecule has 4 rings (SSSR count). The molecule has 0 unspecified atom stereocenters. The van der Waals surface area contributed by atoms with Gasteiger partial charge < -0.3 is 14.2 Å². The molecule has 148 valence electrons. The zero-order valence-corrected chi connectivity index (χ0v) is 17.1. The van der Waals surface area contributed by atoms with Crippen LogP contribution in [0.15, 0.2) is 46.7 Å². The van der Waals surface area contributed by atoms with Crippen LogP contribution in [0.25, 0.3) is 11.3 Å². The van der Waals surface area contributed by atoms with Crippen LogP contribution < -0.4 is 5.56 Å². The maximum absolute atomic E-state index is 13.6. The molecule has 28 heavy (non-hydrogen) atoms. The highest BCUT2D eigenvalue weighted by Crippen LogP contribution is 2.41. The van der Waals surface area contributed by atoms with Crippen molar-refractivity contribution in [2.75, 3.05) is 19.5 Å². The van der Waals surface area contributed by atoms with Crippen LogP contribution in [0.3, 0.4) is 0 Å². The van der Waals surface area contributed by atoms with Gasteiger partial charge in [0.1, 0.15) is 19.1 Å². The van der Waals surface area contributed by atoms with Gasteiger partial charge in [-0.3, -0.25) is 9.36 Å². The van der Waals surface area contributed by atoms with Crippen LogP contribution >= 0.6 is 11.8 Å². The second-order valence-corrected chi connectivity index (χ2v) is 8.63. The van der Waals surface area contributed by atoms with Crippen LogP contribution in [0.5, 0.6) is 0 Å². The molecular formula is C21H24N2O4S. The second kappa shape index (κ2) is 7.64. The smallest absolute Gasteiger partial charge is 0.258 e. The van der Waals surface area contributed by atoms with Crippen molar-refractivity contribution >= 4 is 11.8 Å². The SMILES string of the molecule is COCCSc1nc2c(c(=O)n1CC1OC=CO1)C(C)(C)Cc1ccccc1-2.